The van der Waals surface area contributed by atoms with Crippen LogP contribution in [0.3, 0.4) is 0 Å². The van der Waals surface area contributed by atoms with Crippen molar-refractivity contribution in [2.24, 2.45) is 0 Å². The fraction of sp³-hybridized carbons (Fsp3) is 0.357. The van der Waals surface area contributed by atoms with E-state index < -0.39 is 22.8 Å². The van der Waals surface area contributed by atoms with Crippen molar-refractivity contribution >= 4 is 58.9 Å². The smallest absolute Gasteiger partial charge is 0.336 e. The number of halogens is 3. The molecule has 4 rings (SSSR count). The molecule has 41 heavy (non-hydrogen) atoms. The number of allylic oxidation sites excluding steroid dienone is 2. The fourth-order valence-corrected chi connectivity index (χ4v) is 5.51. The summed E-state index contributed by atoms with van der Waals surface area (Å²) in [5.74, 6) is -2.15. The SMILES string of the molecule is COC(=O)C1=C(C)NC(C)=C(C(=O)OCCN2CCN(c3cccc(Cl)c3Cl)CC2)C1c1cccc([N+](=O)[O-])c1.Cl. The number of carbonyl (C=O) groups excluding carboxylic acids is 2. The zero-order valence-electron chi connectivity index (χ0n) is 22.8. The van der Waals surface area contributed by atoms with Gasteiger partial charge in [-0.15, -0.1) is 12.4 Å². The molecule has 0 radical (unpaired) electrons. The lowest BCUT2D eigenvalue weighted by Gasteiger charge is -2.36. The van der Waals surface area contributed by atoms with E-state index in [-0.39, 0.29) is 35.8 Å². The Morgan fingerprint density at radius 1 is 1.02 bits per heavy atom. The topological polar surface area (TPSA) is 114 Å². The third kappa shape index (κ3) is 7.13. The third-order valence-electron chi connectivity index (χ3n) is 7.08. The van der Waals surface area contributed by atoms with Crippen LogP contribution in [0.15, 0.2) is 65.0 Å². The molecule has 0 aliphatic carbocycles. The highest BCUT2D eigenvalue weighted by atomic mass is 35.5. The zero-order chi connectivity index (χ0) is 29.0. The molecule has 2 aromatic carbocycles. The van der Waals surface area contributed by atoms with Gasteiger partial charge in [0, 0.05) is 56.3 Å². The second kappa shape index (κ2) is 14.0. The Hall–Kier alpha value is -3.31. The summed E-state index contributed by atoms with van der Waals surface area (Å²) in [6.07, 6.45) is 0. The molecule has 2 aliphatic rings. The van der Waals surface area contributed by atoms with Gasteiger partial charge in [0.05, 0.1) is 44.8 Å². The number of carbonyl (C=O) groups is 2. The van der Waals surface area contributed by atoms with E-state index in [4.69, 9.17) is 32.7 Å². The quantitative estimate of drug-likeness (QED) is 0.243. The van der Waals surface area contributed by atoms with Crippen LogP contribution in [0, 0.1) is 10.1 Å². The summed E-state index contributed by atoms with van der Waals surface area (Å²) >= 11 is 12.5. The van der Waals surface area contributed by atoms with Crippen LogP contribution in [-0.4, -0.2) is 68.2 Å². The number of nitro groups is 1. The summed E-state index contributed by atoms with van der Waals surface area (Å²) in [6.45, 7) is 7.02. The summed E-state index contributed by atoms with van der Waals surface area (Å²) in [4.78, 5) is 41.5. The molecule has 2 heterocycles. The van der Waals surface area contributed by atoms with Gasteiger partial charge in [0.1, 0.15) is 6.61 Å². The second-order valence-electron chi connectivity index (χ2n) is 9.52. The molecule has 2 aromatic rings. The Morgan fingerprint density at radius 3 is 2.29 bits per heavy atom. The van der Waals surface area contributed by atoms with E-state index in [9.17, 15) is 19.7 Å². The molecule has 2 aliphatic heterocycles. The first-order valence-corrected chi connectivity index (χ1v) is 13.5. The maximum absolute atomic E-state index is 13.4. The predicted octanol–water partition coefficient (Wildman–Crippen LogP) is 5.10. The average molecular weight is 626 g/mol. The number of esters is 2. The largest absolute Gasteiger partial charge is 0.466 e. The number of nitro benzene ring substituents is 1. The van der Waals surface area contributed by atoms with Crippen LogP contribution in [-0.2, 0) is 19.1 Å². The van der Waals surface area contributed by atoms with Crippen LogP contribution in [0.5, 0.6) is 0 Å². The van der Waals surface area contributed by atoms with E-state index >= 15 is 0 Å². The van der Waals surface area contributed by atoms with Gasteiger partial charge in [-0.25, -0.2) is 9.59 Å². The molecular formula is C28H31Cl3N4O6. The summed E-state index contributed by atoms with van der Waals surface area (Å²) in [6, 6.07) is 11.4. The molecule has 0 spiro atoms. The molecule has 0 amide bonds. The predicted molar refractivity (Wildman–Crippen MR) is 160 cm³/mol. The van der Waals surface area contributed by atoms with Gasteiger partial charge in [-0.1, -0.05) is 41.4 Å². The van der Waals surface area contributed by atoms with E-state index in [0.717, 1.165) is 31.9 Å². The van der Waals surface area contributed by atoms with Crippen molar-refractivity contribution in [2.75, 3.05) is 51.3 Å². The molecule has 1 saturated heterocycles. The molecule has 0 aromatic heterocycles. The first-order valence-electron chi connectivity index (χ1n) is 12.7. The molecule has 10 nitrogen and oxygen atoms in total. The van der Waals surface area contributed by atoms with E-state index in [2.05, 4.69) is 15.1 Å². The molecule has 220 valence electrons. The highest BCUT2D eigenvalue weighted by Crippen LogP contribution is 2.40. The lowest BCUT2D eigenvalue weighted by atomic mass is 9.80. The number of nitrogens with one attached hydrogen (secondary N) is 1. The van der Waals surface area contributed by atoms with Crippen molar-refractivity contribution in [2.45, 2.75) is 19.8 Å². The van der Waals surface area contributed by atoms with Gasteiger partial charge in [-0.2, -0.15) is 0 Å². The molecule has 13 heteroatoms. The van der Waals surface area contributed by atoms with Gasteiger partial charge in [-0.05, 0) is 31.5 Å². The van der Waals surface area contributed by atoms with Crippen molar-refractivity contribution in [3.8, 4) is 0 Å². The van der Waals surface area contributed by atoms with Crippen molar-refractivity contribution in [1.29, 1.82) is 0 Å². The molecule has 1 atom stereocenters. The monoisotopic (exact) mass is 624 g/mol. The lowest BCUT2D eigenvalue weighted by molar-refractivity contribution is -0.384. The van der Waals surface area contributed by atoms with Gasteiger partial charge in [0.2, 0.25) is 0 Å². The minimum Gasteiger partial charge on any atom is -0.466 e. The first-order chi connectivity index (χ1) is 19.1. The number of anilines is 1. The number of methoxy groups -OCH3 is 1. The summed E-state index contributed by atoms with van der Waals surface area (Å²) < 4.78 is 10.7. The van der Waals surface area contributed by atoms with Gasteiger partial charge in [0.25, 0.3) is 5.69 Å². The third-order valence-corrected chi connectivity index (χ3v) is 7.89. The number of hydrogen-bond donors (Lipinski definition) is 1. The summed E-state index contributed by atoms with van der Waals surface area (Å²) in [5, 5.41) is 15.6. The Balaban J connectivity index is 0.00000462. The Bertz CT molecular complexity index is 1390. The van der Waals surface area contributed by atoms with Gasteiger partial charge in [0.15, 0.2) is 0 Å². The summed E-state index contributed by atoms with van der Waals surface area (Å²) in [5.41, 5.74) is 2.54. The van der Waals surface area contributed by atoms with Gasteiger partial charge in [-0.3, -0.25) is 15.0 Å². The maximum Gasteiger partial charge on any atom is 0.336 e. The minimum absolute atomic E-state index is 0. The van der Waals surface area contributed by atoms with E-state index in [1.165, 1.54) is 25.3 Å². The van der Waals surface area contributed by atoms with Crippen LogP contribution in [0.4, 0.5) is 11.4 Å². The maximum atomic E-state index is 13.4. The minimum atomic E-state index is -0.896. The standard InChI is InChI=1S/C28H30Cl2N4O6.ClH/c1-17-23(27(35)39-3)25(19-6-4-7-20(16-19)34(37)38)24(18(2)31-17)28(36)40-15-14-32-10-12-33(13-11-32)22-9-5-8-21(29)26(22)30;/h4-9,16,25,31H,10-15H2,1-3H3;1H. The number of hydrogen-bond acceptors (Lipinski definition) is 9. The van der Waals surface area contributed by atoms with Crippen molar-refractivity contribution in [3.63, 3.8) is 0 Å². The lowest BCUT2D eigenvalue weighted by Crippen LogP contribution is -2.47. The van der Waals surface area contributed by atoms with Gasteiger partial charge >= 0.3 is 11.9 Å². The van der Waals surface area contributed by atoms with Crippen molar-refractivity contribution in [3.05, 3.63) is 90.7 Å². The molecule has 1 N–H and O–H groups in total. The Kier molecular flexibility index (Phi) is 11.0. The van der Waals surface area contributed by atoms with Crippen LogP contribution in [0.2, 0.25) is 10.0 Å². The first kappa shape index (κ1) is 32.2. The second-order valence-corrected chi connectivity index (χ2v) is 10.3. The van der Waals surface area contributed by atoms with E-state index in [1.807, 2.05) is 12.1 Å². The number of nitrogens with zero attached hydrogens (tertiary/aromatic N) is 3. The number of piperazine rings is 1. The van der Waals surface area contributed by atoms with Crippen molar-refractivity contribution < 1.29 is 24.0 Å². The van der Waals surface area contributed by atoms with Crippen LogP contribution in [0.1, 0.15) is 25.3 Å². The Labute approximate surface area is 254 Å². The fourth-order valence-electron chi connectivity index (χ4n) is 5.09. The highest BCUT2D eigenvalue weighted by molar-refractivity contribution is 6.43. The molecule has 0 bridgehead atoms. The van der Waals surface area contributed by atoms with Crippen LogP contribution < -0.4 is 10.2 Å². The number of benzene rings is 2. The summed E-state index contributed by atoms with van der Waals surface area (Å²) in [7, 11) is 1.25. The van der Waals surface area contributed by atoms with Crippen molar-refractivity contribution in [1.82, 2.24) is 10.2 Å². The Morgan fingerprint density at radius 2 is 1.66 bits per heavy atom. The average Bonchev–Trinajstić information content (AvgIpc) is 2.94. The number of rotatable bonds is 8. The van der Waals surface area contributed by atoms with Crippen LogP contribution in [0.25, 0.3) is 0 Å². The molecule has 1 fully saturated rings. The molecule has 0 saturated carbocycles. The number of ether oxygens (including phenoxy) is 2. The highest BCUT2D eigenvalue weighted by Gasteiger charge is 2.38. The molecule has 1 unspecified atom stereocenters. The number of dihydropyridines is 1. The zero-order valence-corrected chi connectivity index (χ0v) is 25.1. The molecular weight excluding hydrogens is 595 g/mol. The van der Waals surface area contributed by atoms with Gasteiger partial charge < -0.3 is 19.7 Å². The van der Waals surface area contributed by atoms with Crippen LogP contribution >= 0.6 is 35.6 Å². The van der Waals surface area contributed by atoms with E-state index in [1.54, 1.807) is 26.0 Å². The number of non-ortho nitro benzene ring substituents is 1. The van der Waals surface area contributed by atoms with E-state index in [0.29, 0.717) is 33.5 Å². The normalized spacial score (nSPS) is 17.5.